The first-order valence-corrected chi connectivity index (χ1v) is 11.6. The standard InChI is InChI=1S/C26H24N2O3S/c1-16(2)31-26(30)23-21-12-5-6-13-22(21)32-25(23)28-24(29)19(15-27)14-18-10-7-9-17-8-3-4-11-20(17)18/h3-4,7-11,14,16H,5-6,12-13H2,1-2H3,(H,28,29). The molecule has 1 aromatic heterocycles. The molecule has 0 radical (unpaired) electrons. The highest BCUT2D eigenvalue weighted by atomic mass is 32.1. The van der Waals surface area contributed by atoms with Gasteiger partial charge < -0.3 is 10.1 Å². The zero-order valence-electron chi connectivity index (χ0n) is 18.1. The average Bonchev–Trinajstić information content (AvgIpc) is 3.14. The third kappa shape index (κ3) is 4.44. The van der Waals surface area contributed by atoms with Crippen molar-refractivity contribution in [1.82, 2.24) is 0 Å². The number of carbonyl (C=O) groups is 2. The fourth-order valence-electron chi connectivity index (χ4n) is 3.99. The molecule has 1 N–H and O–H groups in total. The van der Waals surface area contributed by atoms with Gasteiger partial charge in [-0.15, -0.1) is 11.3 Å². The van der Waals surface area contributed by atoms with E-state index in [0.717, 1.165) is 52.5 Å². The number of hydrogen-bond acceptors (Lipinski definition) is 5. The lowest BCUT2D eigenvalue weighted by Crippen LogP contribution is -2.18. The maximum Gasteiger partial charge on any atom is 0.341 e. The second kappa shape index (κ2) is 9.37. The topological polar surface area (TPSA) is 79.2 Å². The summed E-state index contributed by atoms with van der Waals surface area (Å²) in [7, 11) is 0. The van der Waals surface area contributed by atoms with Gasteiger partial charge in [0, 0.05) is 4.88 Å². The van der Waals surface area contributed by atoms with Crippen molar-refractivity contribution in [3.05, 3.63) is 69.6 Å². The molecule has 0 bridgehead atoms. The Balaban J connectivity index is 1.68. The van der Waals surface area contributed by atoms with Crippen LogP contribution in [-0.2, 0) is 22.4 Å². The minimum atomic E-state index is -0.530. The lowest BCUT2D eigenvalue weighted by molar-refractivity contribution is -0.112. The smallest absolute Gasteiger partial charge is 0.341 e. The Kier molecular flexibility index (Phi) is 6.38. The van der Waals surface area contributed by atoms with E-state index in [1.807, 2.05) is 48.5 Å². The van der Waals surface area contributed by atoms with Gasteiger partial charge in [-0.05, 0) is 67.5 Å². The number of esters is 1. The van der Waals surface area contributed by atoms with Crippen LogP contribution in [0.3, 0.4) is 0 Å². The second-order valence-corrected chi connectivity index (χ2v) is 9.17. The van der Waals surface area contributed by atoms with E-state index in [9.17, 15) is 14.9 Å². The molecule has 1 heterocycles. The second-order valence-electron chi connectivity index (χ2n) is 8.06. The van der Waals surface area contributed by atoms with E-state index in [-0.39, 0.29) is 11.7 Å². The number of amides is 1. The van der Waals surface area contributed by atoms with Gasteiger partial charge >= 0.3 is 5.97 Å². The molecule has 32 heavy (non-hydrogen) atoms. The Morgan fingerprint density at radius 3 is 2.66 bits per heavy atom. The number of nitrogens with one attached hydrogen (secondary N) is 1. The summed E-state index contributed by atoms with van der Waals surface area (Å²) >= 11 is 1.41. The molecule has 1 aliphatic carbocycles. The maximum atomic E-state index is 13.0. The van der Waals surface area contributed by atoms with Gasteiger partial charge in [-0.3, -0.25) is 4.79 Å². The number of benzene rings is 2. The number of fused-ring (bicyclic) bond motifs is 2. The number of thiophene rings is 1. The Hall–Kier alpha value is -3.43. The van der Waals surface area contributed by atoms with Gasteiger partial charge in [-0.25, -0.2) is 4.79 Å². The molecule has 0 unspecified atom stereocenters. The normalized spacial score (nSPS) is 13.5. The summed E-state index contributed by atoms with van der Waals surface area (Å²) in [5.74, 6) is -0.955. The van der Waals surface area contributed by atoms with E-state index in [1.165, 1.54) is 11.3 Å². The molecular formula is C26H24N2O3S. The van der Waals surface area contributed by atoms with Crippen molar-refractivity contribution in [3.8, 4) is 6.07 Å². The van der Waals surface area contributed by atoms with Crippen LogP contribution in [0.2, 0.25) is 0 Å². The summed E-state index contributed by atoms with van der Waals surface area (Å²) in [5, 5.41) is 15.0. The first-order valence-electron chi connectivity index (χ1n) is 10.7. The summed E-state index contributed by atoms with van der Waals surface area (Å²) in [5.41, 5.74) is 2.18. The Morgan fingerprint density at radius 2 is 1.88 bits per heavy atom. The number of rotatable bonds is 5. The van der Waals surface area contributed by atoms with Crippen LogP contribution in [0.5, 0.6) is 0 Å². The Bertz CT molecular complexity index is 1260. The molecule has 162 valence electrons. The molecule has 2 aromatic carbocycles. The van der Waals surface area contributed by atoms with Crippen molar-refractivity contribution in [2.24, 2.45) is 0 Å². The van der Waals surface area contributed by atoms with Crippen LogP contribution in [0.4, 0.5) is 5.00 Å². The zero-order valence-corrected chi connectivity index (χ0v) is 18.9. The summed E-state index contributed by atoms with van der Waals surface area (Å²) in [6, 6.07) is 15.6. The quantitative estimate of drug-likeness (QED) is 0.302. The van der Waals surface area contributed by atoms with Crippen LogP contribution in [0.1, 0.15) is 53.1 Å². The lowest BCUT2D eigenvalue weighted by atomic mass is 9.95. The van der Waals surface area contributed by atoms with Crippen molar-refractivity contribution < 1.29 is 14.3 Å². The number of ether oxygens (including phenoxy) is 1. The average molecular weight is 445 g/mol. The first-order chi connectivity index (χ1) is 15.5. The molecule has 6 heteroatoms. The number of aryl methyl sites for hydroxylation is 1. The van der Waals surface area contributed by atoms with Crippen LogP contribution in [0, 0.1) is 11.3 Å². The summed E-state index contributed by atoms with van der Waals surface area (Å²) in [6.45, 7) is 3.60. The summed E-state index contributed by atoms with van der Waals surface area (Å²) in [6.07, 6.45) is 5.08. The minimum absolute atomic E-state index is 0.0177. The van der Waals surface area contributed by atoms with Gasteiger partial charge in [0.1, 0.15) is 16.6 Å². The molecule has 3 aromatic rings. The monoisotopic (exact) mass is 444 g/mol. The fraction of sp³-hybridized carbons (Fsp3) is 0.269. The minimum Gasteiger partial charge on any atom is -0.459 e. The Labute approximate surface area is 191 Å². The van der Waals surface area contributed by atoms with E-state index in [0.29, 0.717) is 10.6 Å². The van der Waals surface area contributed by atoms with E-state index in [1.54, 1.807) is 19.9 Å². The van der Waals surface area contributed by atoms with Crippen molar-refractivity contribution in [2.75, 3.05) is 5.32 Å². The number of nitrogens with zero attached hydrogens (tertiary/aromatic N) is 1. The molecule has 1 amide bonds. The van der Waals surface area contributed by atoms with Crippen LogP contribution in [-0.4, -0.2) is 18.0 Å². The SMILES string of the molecule is CC(C)OC(=O)c1c(NC(=O)C(C#N)=Cc2cccc3ccccc23)sc2c1CCCC2. The molecule has 0 saturated heterocycles. The molecule has 0 saturated carbocycles. The van der Waals surface area contributed by atoms with Crippen molar-refractivity contribution in [1.29, 1.82) is 5.26 Å². The highest BCUT2D eigenvalue weighted by molar-refractivity contribution is 7.17. The Morgan fingerprint density at radius 1 is 1.12 bits per heavy atom. The number of hydrogen-bond donors (Lipinski definition) is 1. The van der Waals surface area contributed by atoms with Crippen LogP contribution < -0.4 is 5.32 Å². The molecule has 4 rings (SSSR count). The molecular weight excluding hydrogens is 420 g/mol. The maximum absolute atomic E-state index is 13.0. The molecule has 1 aliphatic rings. The third-order valence-electron chi connectivity index (χ3n) is 5.43. The zero-order chi connectivity index (χ0) is 22.7. The first kappa shape index (κ1) is 21.8. The summed E-state index contributed by atoms with van der Waals surface area (Å²) in [4.78, 5) is 27.0. The van der Waals surface area contributed by atoms with Crippen molar-refractivity contribution in [2.45, 2.75) is 45.6 Å². The van der Waals surface area contributed by atoms with Crippen molar-refractivity contribution in [3.63, 3.8) is 0 Å². The van der Waals surface area contributed by atoms with E-state index in [2.05, 4.69) is 5.32 Å². The highest BCUT2D eigenvalue weighted by Gasteiger charge is 2.28. The van der Waals surface area contributed by atoms with Gasteiger partial charge in [0.2, 0.25) is 0 Å². The summed E-state index contributed by atoms with van der Waals surface area (Å²) < 4.78 is 5.45. The number of carbonyl (C=O) groups excluding carboxylic acids is 2. The molecule has 0 spiro atoms. The molecule has 0 aliphatic heterocycles. The van der Waals surface area contributed by atoms with E-state index in [4.69, 9.17) is 4.74 Å². The highest BCUT2D eigenvalue weighted by Crippen LogP contribution is 2.39. The van der Waals surface area contributed by atoms with Crippen LogP contribution >= 0.6 is 11.3 Å². The van der Waals surface area contributed by atoms with Gasteiger partial charge in [-0.1, -0.05) is 42.5 Å². The molecule has 5 nitrogen and oxygen atoms in total. The van der Waals surface area contributed by atoms with Gasteiger partial charge in [0.05, 0.1) is 11.7 Å². The van der Waals surface area contributed by atoms with E-state index < -0.39 is 11.9 Å². The van der Waals surface area contributed by atoms with E-state index >= 15 is 0 Å². The molecule has 0 fully saturated rings. The molecule has 0 atom stereocenters. The van der Waals surface area contributed by atoms with Gasteiger partial charge in [-0.2, -0.15) is 5.26 Å². The van der Waals surface area contributed by atoms with Gasteiger partial charge in [0.15, 0.2) is 0 Å². The van der Waals surface area contributed by atoms with Gasteiger partial charge in [0.25, 0.3) is 5.91 Å². The number of nitriles is 1. The predicted molar refractivity (Wildman–Crippen MR) is 128 cm³/mol. The predicted octanol–water partition coefficient (Wildman–Crippen LogP) is 5.89. The lowest BCUT2D eigenvalue weighted by Gasteiger charge is -2.14. The largest absolute Gasteiger partial charge is 0.459 e. The third-order valence-corrected chi connectivity index (χ3v) is 6.64. The fourth-order valence-corrected chi connectivity index (χ4v) is 5.27. The number of anilines is 1. The van der Waals surface area contributed by atoms with Crippen LogP contribution in [0.25, 0.3) is 16.8 Å². The van der Waals surface area contributed by atoms with Crippen LogP contribution in [0.15, 0.2) is 48.0 Å². The van der Waals surface area contributed by atoms with Crippen molar-refractivity contribution >= 4 is 45.1 Å².